The van der Waals surface area contributed by atoms with Gasteiger partial charge in [-0.3, -0.25) is 9.88 Å². The van der Waals surface area contributed by atoms with Crippen LogP contribution in [0.5, 0.6) is 0 Å². The molecule has 3 nitrogen and oxygen atoms in total. The van der Waals surface area contributed by atoms with Crippen LogP contribution in [-0.2, 0) is 17.7 Å². The first-order chi connectivity index (χ1) is 12.8. The highest BCUT2D eigenvalue weighted by atomic mass is 16.5. The van der Waals surface area contributed by atoms with Gasteiger partial charge in [-0.25, -0.2) is 0 Å². The number of hydrogen-bond donors (Lipinski definition) is 0. The summed E-state index contributed by atoms with van der Waals surface area (Å²) in [4.78, 5) is 6.95. The lowest BCUT2D eigenvalue weighted by Crippen LogP contribution is -2.38. The van der Waals surface area contributed by atoms with E-state index in [1.807, 2.05) is 12.4 Å². The van der Waals surface area contributed by atoms with Crippen LogP contribution in [0.2, 0.25) is 0 Å². The lowest BCUT2D eigenvalue weighted by molar-refractivity contribution is -0.00182. The van der Waals surface area contributed by atoms with Crippen molar-refractivity contribution in [1.29, 1.82) is 0 Å². The Morgan fingerprint density at radius 3 is 2.88 bits per heavy atom. The zero-order valence-electron chi connectivity index (χ0n) is 15.9. The molecule has 0 saturated carbocycles. The monoisotopic (exact) mass is 350 g/mol. The van der Waals surface area contributed by atoms with Crippen molar-refractivity contribution < 1.29 is 4.74 Å². The van der Waals surface area contributed by atoms with Crippen molar-refractivity contribution >= 4 is 0 Å². The van der Waals surface area contributed by atoms with Crippen LogP contribution >= 0.6 is 0 Å². The van der Waals surface area contributed by atoms with Gasteiger partial charge in [0, 0.05) is 37.5 Å². The van der Waals surface area contributed by atoms with E-state index in [2.05, 4.69) is 53.2 Å². The van der Waals surface area contributed by atoms with Gasteiger partial charge in [-0.1, -0.05) is 30.3 Å². The molecule has 0 spiro atoms. The average Bonchev–Trinajstić information content (AvgIpc) is 3.34. The fourth-order valence-electron chi connectivity index (χ4n) is 4.75. The summed E-state index contributed by atoms with van der Waals surface area (Å²) in [5.74, 6) is 0. The third-order valence-corrected chi connectivity index (χ3v) is 6.37. The van der Waals surface area contributed by atoms with E-state index in [1.165, 1.54) is 48.9 Å². The Labute approximate surface area is 157 Å². The molecule has 2 aliphatic heterocycles. The maximum absolute atomic E-state index is 6.21. The quantitative estimate of drug-likeness (QED) is 0.772. The second-order valence-corrected chi connectivity index (χ2v) is 8.11. The van der Waals surface area contributed by atoms with E-state index in [1.54, 1.807) is 0 Å². The van der Waals surface area contributed by atoms with Crippen molar-refractivity contribution in [3.63, 3.8) is 0 Å². The Bertz CT molecular complexity index is 711. The molecule has 2 saturated heterocycles. The molecule has 0 amide bonds. The first kappa shape index (κ1) is 17.7. The van der Waals surface area contributed by atoms with E-state index in [0.717, 1.165) is 26.1 Å². The molecule has 138 valence electrons. The number of benzene rings is 1. The van der Waals surface area contributed by atoms with E-state index < -0.39 is 0 Å². The number of hydrogen-bond acceptors (Lipinski definition) is 3. The van der Waals surface area contributed by atoms with E-state index in [4.69, 9.17) is 4.74 Å². The Hall–Kier alpha value is -1.71. The molecular formula is C23H30N2O. The summed E-state index contributed by atoms with van der Waals surface area (Å²) in [5, 5.41) is 0. The molecule has 0 aliphatic carbocycles. The van der Waals surface area contributed by atoms with Crippen LogP contribution in [0, 0.1) is 12.3 Å². The molecule has 2 atom stereocenters. The van der Waals surface area contributed by atoms with E-state index in [0.29, 0.717) is 11.5 Å². The minimum absolute atomic E-state index is 0.308. The number of rotatable bonds is 6. The normalized spacial score (nSPS) is 26.4. The van der Waals surface area contributed by atoms with Crippen molar-refractivity contribution in [1.82, 2.24) is 9.88 Å². The lowest BCUT2D eigenvalue weighted by Gasteiger charge is -2.35. The van der Waals surface area contributed by atoms with Crippen molar-refractivity contribution in [3.05, 3.63) is 65.5 Å². The van der Waals surface area contributed by atoms with Crippen molar-refractivity contribution in [3.8, 4) is 0 Å². The smallest absolute Gasteiger partial charge is 0.0645 e. The number of pyridine rings is 1. The average molecular weight is 351 g/mol. The predicted molar refractivity (Wildman–Crippen MR) is 105 cm³/mol. The molecular weight excluding hydrogens is 320 g/mol. The van der Waals surface area contributed by atoms with Gasteiger partial charge in [-0.05, 0) is 68.3 Å². The van der Waals surface area contributed by atoms with Crippen LogP contribution in [0.25, 0.3) is 0 Å². The molecule has 0 N–H and O–H groups in total. The summed E-state index contributed by atoms with van der Waals surface area (Å²) in [6.07, 6.45) is 10.4. The zero-order chi connectivity index (χ0) is 17.8. The number of nitrogens with zero attached hydrogens (tertiary/aromatic N) is 2. The first-order valence-electron chi connectivity index (χ1n) is 10.0. The van der Waals surface area contributed by atoms with E-state index >= 15 is 0 Å². The maximum atomic E-state index is 6.21. The molecule has 1 aromatic heterocycles. The topological polar surface area (TPSA) is 25.4 Å². The molecule has 2 fully saturated rings. The standard InChI is InChI=1S/C23H30N2O/c1-19-10-13-24-16-21(19)17-25-14-12-23(18-25,22-8-5-15-26-22)11-9-20-6-3-2-4-7-20/h2-4,6-7,10,13,16,22H,5,8-9,11-12,14-15,17-18H2,1H3. The van der Waals surface area contributed by atoms with Crippen molar-refractivity contribution in [2.75, 3.05) is 19.7 Å². The van der Waals surface area contributed by atoms with Crippen LogP contribution in [0.3, 0.4) is 0 Å². The van der Waals surface area contributed by atoms with E-state index in [9.17, 15) is 0 Å². The van der Waals surface area contributed by atoms with Crippen molar-refractivity contribution in [2.24, 2.45) is 5.41 Å². The van der Waals surface area contributed by atoms with E-state index in [-0.39, 0.29) is 0 Å². The molecule has 0 bridgehead atoms. The van der Waals surface area contributed by atoms with Crippen LogP contribution in [0.15, 0.2) is 48.8 Å². The van der Waals surface area contributed by atoms with Crippen LogP contribution < -0.4 is 0 Å². The summed E-state index contributed by atoms with van der Waals surface area (Å²) in [5.41, 5.74) is 4.46. The fourth-order valence-corrected chi connectivity index (χ4v) is 4.75. The van der Waals surface area contributed by atoms with Crippen LogP contribution in [-0.4, -0.2) is 35.7 Å². The predicted octanol–water partition coefficient (Wildman–Crippen LogP) is 4.39. The Morgan fingerprint density at radius 1 is 1.23 bits per heavy atom. The zero-order valence-corrected chi connectivity index (χ0v) is 15.9. The molecule has 0 radical (unpaired) electrons. The summed E-state index contributed by atoms with van der Waals surface area (Å²) >= 11 is 0. The van der Waals surface area contributed by atoms with Gasteiger partial charge in [0.15, 0.2) is 0 Å². The van der Waals surface area contributed by atoms with Gasteiger partial charge in [0.05, 0.1) is 6.10 Å². The summed E-state index contributed by atoms with van der Waals surface area (Å²) in [6.45, 7) is 6.47. The Kier molecular flexibility index (Phi) is 5.37. The summed E-state index contributed by atoms with van der Waals surface area (Å²) < 4.78 is 6.21. The molecule has 4 rings (SSSR count). The molecule has 2 aliphatic rings. The highest BCUT2D eigenvalue weighted by Crippen LogP contribution is 2.44. The van der Waals surface area contributed by atoms with Gasteiger partial charge in [0.1, 0.15) is 0 Å². The largest absolute Gasteiger partial charge is 0.378 e. The third kappa shape index (κ3) is 3.84. The van der Waals surface area contributed by atoms with Crippen LogP contribution in [0.4, 0.5) is 0 Å². The highest BCUT2D eigenvalue weighted by Gasteiger charge is 2.45. The van der Waals surface area contributed by atoms with Gasteiger partial charge in [-0.2, -0.15) is 0 Å². The summed E-state index contributed by atoms with van der Waals surface area (Å²) in [7, 11) is 0. The minimum Gasteiger partial charge on any atom is -0.378 e. The molecule has 2 unspecified atom stereocenters. The maximum Gasteiger partial charge on any atom is 0.0645 e. The number of ether oxygens (including phenoxy) is 1. The van der Waals surface area contributed by atoms with Gasteiger partial charge < -0.3 is 4.74 Å². The third-order valence-electron chi connectivity index (χ3n) is 6.37. The molecule has 26 heavy (non-hydrogen) atoms. The molecule has 3 heterocycles. The molecule has 1 aromatic carbocycles. The Morgan fingerprint density at radius 2 is 2.12 bits per heavy atom. The second kappa shape index (κ2) is 7.89. The number of aromatic nitrogens is 1. The van der Waals surface area contributed by atoms with Crippen LogP contribution in [0.1, 0.15) is 42.4 Å². The fraction of sp³-hybridized carbons (Fsp3) is 0.522. The van der Waals surface area contributed by atoms with Gasteiger partial charge in [0.25, 0.3) is 0 Å². The van der Waals surface area contributed by atoms with Crippen molar-refractivity contribution in [2.45, 2.75) is 51.7 Å². The van der Waals surface area contributed by atoms with Gasteiger partial charge >= 0.3 is 0 Å². The Balaban J connectivity index is 1.47. The highest BCUT2D eigenvalue weighted by molar-refractivity contribution is 5.21. The number of likely N-dealkylation sites (tertiary alicyclic amines) is 1. The number of aryl methyl sites for hydroxylation is 2. The minimum atomic E-state index is 0.308. The second-order valence-electron chi connectivity index (χ2n) is 8.11. The lowest BCUT2D eigenvalue weighted by atomic mass is 9.75. The first-order valence-corrected chi connectivity index (χ1v) is 10.0. The summed E-state index contributed by atoms with van der Waals surface area (Å²) in [6, 6.07) is 13.0. The molecule has 2 aromatic rings. The van der Waals surface area contributed by atoms with Gasteiger partial charge in [-0.15, -0.1) is 0 Å². The van der Waals surface area contributed by atoms with Gasteiger partial charge in [0.2, 0.25) is 0 Å². The molecule has 3 heteroatoms. The SMILES string of the molecule is Cc1ccncc1CN1CCC(CCc2ccccc2)(C2CCCO2)C1.